The highest BCUT2D eigenvalue weighted by atomic mass is 32.2. The molecule has 34 heavy (non-hydrogen) atoms. The van der Waals surface area contributed by atoms with Gasteiger partial charge in [0, 0.05) is 5.54 Å². The summed E-state index contributed by atoms with van der Waals surface area (Å²) in [7, 11) is 0. The Labute approximate surface area is 204 Å². The summed E-state index contributed by atoms with van der Waals surface area (Å²) in [4.78, 5) is 13.4. The lowest BCUT2D eigenvalue weighted by molar-refractivity contribution is -0.126. The van der Waals surface area contributed by atoms with E-state index in [1.165, 1.54) is 31.0 Å². The van der Waals surface area contributed by atoms with Gasteiger partial charge in [0.1, 0.15) is 5.76 Å². The molecule has 0 unspecified atom stereocenters. The Hall–Kier alpha value is -2.54. The largest absolute Gasteiger partial charge is 0.469 e. The first-order chi connectivity index (χ1) is 16.5. The van der Waals surface area contributed by atoms with Crippen LogP contribution in [0.1, 0.15) is 56.8 Å². The fourth-order valence-electron chi connectivity index (χ4n) is 6.94. The number of furan rings is 1. The van der Waals surface area contributed by atoms with Crippen LogP contribution in [0.2, 0.25) is 0 Å². The molecule has 7 rings (SSSR count). The average molecular weight is 477 g/mol. The summed E-state index contributed by atoms with van der Waals surface area (Å²) in [5.74, 6) is 4.14. The van der Waals surface area contributed by atoms with E-state index in [-0.39, 0.29) is 16.7 Å². The van der Waals surface area contributed by atoms with Crippen LogP contribution in [0, 0.1) is 24.7 Å². The van der Waals surface area contributed by atoms with Crippen LogP contribution in [0.25, 0.3) is 11.4 Å². The molecule has 0 aliphatic heterocycles. The normalized spacial score (nSPS) is 28.2. The Kier molecular flexibility index (Phi) is 5.55. The van der Waals surface area contributed by atoms with Gasteiger partial charge in [0.2, 0.25) is 5.91 Å². The minimum Gasteiger partial charge on any atom is -0.469 e. The number of rotatable bonds is 7. The van der Waals surface area contributed by atoms with Crippen molar-refractivity contribution in [2.75, 3.05) is 0 Å². The molecular weight excluding hydrogens is 444 g/mol. The predicted molar refractivity (Wildman–Crippen MR) is 132 cm³/mol. The fraction of sp³-hybridized carbons (Fsp3) is 0.519. The monoisotopic (exact) mass is 476 g/mol. The lowest BCUT2D eigenvalue weighted by Crippen LogP contribution is -2.60. The van der Waals surface area contributed by atoms with Gasteiger partial charge in [-0.25, -0.2) is 0 Å². The van der Waals surface area contributed by atoms with Crippen molar-refractivity contribution in [1.82, 2.24) is 20.1 Å². The van der Waals surface area contributed by atoms with Gasteiger partial charge in [-0.15, -0.1) is 10.2 Å². The molecule has 1 amide bonds. The van der Waals surface area contributed by atoms with Gasteiger partial charge in [-0.1, -0.05) is 42.1 Å². The average Bonchev–Trinajstić information content (AvgIpc) is 3.39. The van der Waals surface area contributed by atoms with E-state index in [2.05, 4.69) is 32.2 Å². The molecule has 0 saturated heterocycles. The molecule has 0 radical (unpaired) electrons. The van der Waals surface area contributed by atoms with Crippen molar-refractivity contribution in [2.24, 2.45) is 17.8 Å². The second-order valence-electron chi connectivity index (χ2n) is 10.7. The third-order valence-corrected chi connectivity index (χ3v) is 9.16. The molecule has 178 valence electrons. The summed E-state index contributed by atoms with van der Waals surface area (Å²) >= 11 is 1.50. The molecule has 1 atom stereocenters. The topological polar surface area (TPSA) is 72.9 Å². The van der Waals surface area contributed by atoms with E-state index in [1.54, 1.807) is 6.26 Å². The smallest absolute Gasteiger partial charge is 0.233 e. The maximum Gasteiger partial charge on any atom is 0.233 e. The first kappa shape index (κ1) is 22.0. The zero-order valence-corrected chi connectivity index (χ0v) is 20.7. The summed E-state index contributed by atoms with van der Waals surface area (Å²) in [6.07, 6.45) is 9.29. The SMILES string of the molecule is Cc1occc1-c1nnc(S[C@@H](C)C(=O)NC23CC4CC(CC(C4)C2)C3)n1Cc1ccccc1. The number of nitrogens with one attached hydrogen (secondary N) is 1. The van der Waals surface area contributed by atoms with Crippen LogP contribution in [0.5, 0.6) is 0 Å². The van der Waals surface area contributed by atoms with E-state index >= 15 is 0 Å². The highest BCUT2D eigenvalue weighted by molar-refractivity contribution is 8.00. The van der Waals surface area contributed by atoms with Crippen molar-refractivity contribution in [3.05, 3.63) is 54.0 Å². The number of hydrogen-bond acceptors (Lipinski definition) is 5. The number of thioether (sulfide) groups is 1. The molecule has 2 heterocycles. The zero-order chi connectivity index (χ0) is 23.3. The van der Waals surface area contributed by atoms with E-state index in [9.17, 15) is 4.79 Å². The standard InChI is InChI=1S/C27H32N4O2S/c1-17-23(8-9-33-17)24-29-30-26(31(24)16-19-6-4-3-5-7-19)34-18(2)25(32)28-27-13-20-10-21(14-27)12-22(11-20)15-27/h3-9,18,20-22H,10-16H2,1-2H3,(H,28,32)/t18-,20?,21?,22?,27?/m0/s1. The quantitative estimate of drug-likeness (QED) is 0.459. The highest BCUT2D eigenvalue weighted by Crippen LogP contribution is 2.55. The maximum atomic E-state index is 13.4. The Morgan fingerprint density at radius 3 is 2.41 bits per heavy atom. The molecule has 4 saturated carbocycles. The van der Waals surface area contributed by atoms with Crippen LogP contribution in [0.4, 0.5) is 0 Å². The third-order valence-electron chi connectivity index (χ3n) is 8.08. The molecule has 6 nitrogen and oxygen atoms in total. The van der Waals surface area contributed by atoms with E-state index in [0.717, 1.165) is 64.9 Å². The highest BCUT2D eigenvalue weighted by Gasteiger charge is 2.51. The molecule has 1 aromatic carbocycles. The summed E-state index contributed by atoms with van der Waals surface area (Å²) < 4.78 is 7.64. The number of amides is 1. The first-order valence-electron chi connectivity index (χ1n) is 12.5. The molecular formula is C27H32N4O2S. The maximum absolute atomic E-state index is 13.4. The summed E-state index contributed by atoms with van der Waals surface area (Å²) in [6.45, 7) is 4.56. The Bertz CT molecular complexity index is 1150. The van der Waals surface area contributed by atoms with Gasteiger partial charge in [-0.05, 0) is 81.8 Å². The van der Waals surface area contributed by atoms with Crippen LogP contribution >= 0.6 is 11.8 Å². The summed E-state index contributed by atoms with van der Waals surface area (Å²) in [6, 6.07) is 12.2. The molecule has 3 aromatic rings. The molecule has 4 aliphatic rings. The van der Waals surface area contributed by atoms with Gasteiger partial charge >= 0.3 is 0 Å². The summed E-state index contributed by atoms with van der Waals surface area (Å²) in [5.41, 5.74) is 2.12. The molecule has 4 fully saturated rings. The number of aromatic nitrogens is 3. The van der Waals surface area contributed by atoms with Crippen molar-refractivity contribution in [3.63, 3.8) is 0 Å². The van der Waals surface area contributed by atoms with Crippen LogP contribution in [0.15, 0.2) is 52.2 Å². The Morgan fingerprint density at radius 2 is 1.79 bits per heavy atom. The second kappa shape index (κ2) is 8.59. The van der Waals surface area contributed by atoms with Crippen LogP contribution in [0.3, 0.4) is 0 Å². The van der Waals surface area contributed by atoms with Gasteiger partial charge in [-0.3, -0.25) is 9.36 Å². The van der Waals surface area contributed by atoms with Crippen LogP contribution in [-0.4, -0.2) is 31.5 Å². The predicted octanol–water partition coefficient (Wildman–Crippen LogP) is 5.46. The van der Waals surface area contributed by atoms with Crippen molar-refractivity contribution >= 4 is 17.7 Å². The van der Waals surface area contributed by atoms with E-state index in [1.807, 2.05) is 38.1 Å². The van der Waals surface area contributed by atoms with Crippen molar-refractivity contribution in [2.45, 2.75) is 74.9 Å². The molecule has 4 aliphatic carbocycles. The number of nitrogens with zero attached hydrogens (tertiary/aromatic N) is 3. The van der Waals surface area contributed by atoms with E-state index < -0.39 is 0 Å². The second-order valence-corrected chi connectivity index (χ2v) is 12.0. The lowest BCUT2D eigenvalue weighted by Gasteiger charge is -2.57. The zero-order valence-electron chi connectivity index (χ0n) is 19.9. The van der Waals surface area contributed by atoms with E-state index in [0.29, 0.717) is 6.54 Å². The number of carbonyl (C=O) groups excluding carboxylic acids is 1. The Morgan fingerprint density at radius 1 is 1.12 bits per heavy atom. The summed E-state index contributed by atoms with van der Waals surface area (Å²) in [5, 5.41) is 13.1. The van der Waals surface area contributed by atoms with Gasteiger partial charge in [-0.2, -0.15) is 0 Å². The Balaban J connectivity index is 1.23. The molecule has 0 spiro atoms. The minimum absolute atomic E-state index is 0.0252. The van der Waals surface area contributed by atoms with Gasteiger partial charge in [0.15, 0.2) is 11.0 Å². The number of aryl methyl sites for hydroxylation is 1. The molecule has 4 bridgehead atoms. The first-order valence-corrected chi connectivity index (χ1v) is 13.4. The molecule has 1 N–H and O–H groups in total. The third kappa shape index (κ3) is 4.08. The van der Waals surface area contributed by atoms with Gasteiger partial charge in [0.05, 0.1) is 23.6 Å². The van der Waals surface area contributed by atoms with Crippen LogP contribution < -0.4 is 5.32 Å². The minimum atomic E-state index is -0.245. The van der Waals surface area contributed by atoms with Crippen LogP contribution in [-0.2, 0) is 11.3 Å². The van der Waals surface area contributed by atoms with Crippen molar-refractivity contribution in [3.8, 4) is 11.4 Å². The van der Waals surface area contributed by atoms with Gasteiger partial charge < -0.3 is 9.73 Å². The molecule has 7 heteroatoms. The fourth-order valence-corrected chi connectivity index (χ4v) is 7.79. The van der Waals surface area contributed by atoms with E-state index in [4.69, 9.17) is 4.42 Å². The number of benzene rings is 1. The lowest BCUT2D eigenvalue weighted by atomic mass is 9.53. The van der Waals surface area contributed by atoms with Crippen molar-refractivity contribution < 1.29 is 9.21 Å². The van der Waals surface area contributed by atoms with Gasteiger partial charge in [0.25, 0.3) is 0 Å². The number of hydrogen-bond donors (Lipinski definition) is 1. The van der Waals surface area contributed by atoms with Crippen molar-refractivity contribution in [1.29, 1.82) is 0 Å². The molecule has 2 aromatic heterocycles. The number of carbonyl (C=O) groups is 1.